The Morgan fingerprint density at radius 3 is 2.36 bits per heavy atom. The lowest BCUT2D eigenvalue weighted by Gasteiger charge is -2.34. The van der Waals surface area contributed by atoms with E-state index in [1.165, 1.54) is 13.4 Å². The van der Waals surface area contributed by atoms with Gasteiger partial charge in [0.1, 0.15) is 18.5 Å². The largest absolute Gasteiger partial charge is 0.453 e. The smallest absolute Gasteiger partial charge is 0.407 e. The molecule has 0 bridgehead atoms. The number of aliphatic hydroxyl groups is 1. The molecule has 2 saturated heterocycles. The number of nitrogens with zero attached hydrogens (tertiary/aromatic N) is 3. The second-order valence-corrected chi connectivity index (χ2v) is 13.6. The van der Waals surface area contributed by atoms with Crippen LogP contribution in [0.3, 0.4) is 0 Å². The van der Waals surface area contributed by atoms with Gasteiger partial charge in [-0.3, -0.25) is 10.2 Å². The third kappa shape index (κ3) is 9.97. The van der Waals surface area contributed by atoms with Crippen LogP contribution < -0.4 is 16.1 Å². The summed E-state index contributed by atoms with van der Waals surface area (Å²) >= 11 is 0. The highest BCUT2D eigenvalue weighted by molar-refractivity contribution is 5.86. The molecule has 3 amide bonds. The number of carbonyl (C=O) groups is 3. The molecule has 0 aliphatic carbocycles. The van der Waals surface area contributed by atoms with E-state index in [0.29, 0.717) is 6.61 Å². The monoisotopic (exact) mass is 690 g/mol. The number of aromatic nitrogens is 2. The van der Waals surface area contributed by atoms with Crippen LogP contribution in [0.4, 0.5) is 9.59 Å². The predicted octanol–water partition coefficient (Wildman–Crippen LogP) is 3.21. The van der Waals surface area contributed by atoms with Crippen LogP contribution in [0.15, 0.2) is 73.3 Å². The first kappa shape index (κ1) is 36.6. The Kier molecular flexibility index (Phi) is 12.4. The molecule has 14 heteroatoms. The number of methoxy groups -OCH3 is 1. The van der Waals surface area contributed by atoms with E-state index in [1.807, 2.05) is 75.4 Å². The highest BCUT2D eigenvalue weighted by Gasteiger charge is 2.44. The number of ether oxygens (including phenoxy) is 4. The Balaban J connectivity index is 1.35. The second kappa shape index (κ2) is 16.9. The Bertz CT molecular complexity index is 1560. The fourth-order valence-electron chi connectivity index (χ4n) is 6.07. The number of hydrazine groups is 1. The van der Waals surface area contributed by atoms with Crippen molar-refractivity contribution < 1.29 is 38.4 Å². The van der Waals surface area contributed by atoms with Crippen molar-refractivity contribution in [1.29, 1.82) is 0 Å². The van der Waals surface area contributed by atoms with Crippen LogP contribution in [0.5, 0.6) is 0 Å². The topological polar surface area (TPSA) is 173 Å². The fourth-order valence-corrected chi connectivity index (χ4v) is 6.07. The number of hydrogen-bond acceptors (Lipinski definition) is 11. The maximum absolute atomic E-state index is 13.7. The van der Waals surface area contributed by atoms with E-state index in [9.17, 15) is 19.5 Å². The zero-order valence-corrected chi connectivity index (χ0v) is 28.8. The van der Waals surface area contributed by atoms with Crippen LogP contribution in [0.1, 0.15) is 38.3 Å². The zero-order valence-electron chi connectivity index (χ0n) is 28.8. The molecule has 6 atom stereocenters. The van der Waals surface area contributed by atoms with Crippen molar-refractivity contribution in [3.05, 3.63) is 84.4 Å². The van der Waals surface area contributed by atoms with Crippen LogP contribution in [-0.4, -0.2) is 95.6 Å². The van der Waals surface area contributed by atoms with Crippen molar-refractivity contribution in [3.63, 3.8) is 0 Å². The van der Waals surface area contributed by atoms with E-state index in [4.69, 9.17) is 18.9 Å². The molecule has 6 unspecified atom stereocenters. The number of carbonyl (C=O) groups excluding carboxylic acids is 3. The highest BCUT2D eigenvalue weighted by atomic mass is 16.7. The van der Waals surface area contributed by atoms with Gasteiger partial charge in [-0.15, -0.1) is 0 Å². The van der Waals surface area contributed by atoms with Gasteiger partial charge in [-0.25, -0.2) is 24.6 Å². The molecule has 5 rings (SSSR count). The Hall–Kier alpha value is -4.63. The summed E-state index contributed by atoms with van der Waals surface area (Å²) < 4.78 is 21.8. The highest BCUT2D eigenvalue weighted by Crippen LogP contribution is 2.33. The molecule has 2 fully saturated rings. The quantitative estimate of drug-likeness (QED) is 0.194. The summed E-state index contributed by atoms with van der Waals surface area (Å²) in [6.45, 7) is 6.38. The van der Waals surface area contributed by atoms with Crippen molar-refractivity contribution in [2.75, 3.05) is 26.9 Å². The molecule has 2 aliphatic rings. The zero-order chi connectivity index (χ0) is 35.7. The van der Waals surface area contributed by atoms with Gasteiger partial charge in [-0.2, -0.15) is 0 Å². The molecule has 14 nitrogen and oxygen atoms in total. The standard InChI is InChI=1S/C36H46N6O8/c1-36(2,3)31(40-34(45)47-4)32(44)41-42(19-24-8-6-5-7-9-24)20-29(43)28(39-35(46)50-30-21-49-33-27(30)14-15-48-33)16-23-10-12-25(13-11-23)26-17-37-22-38-18-26/h5-13,17-18,22,27-31,33,43H,14-16,19-21H2,1-4H3,(H,39,46)(H,40,45)(H,41,44). The summed E-state index contributed by atoms with van der Waals surface area (Å²) in [5, 5.41) is 18.9. The Labute approximate surface area is 291 Å². The van der Waals surface area contributed by atoms with Gasteiger partial charge in [0.25, 0.3) is 5.91 Å². The van der Waals surface area contributed by atoms with Crippen LogP contribution >= 0.6 is 0 Å². The van der Waals surface area contributed by atoms with E-state index in [1.54, 1.807) is 17.4 Å². The summed E-state index contributed by atoms with van der Waals surface area (Å²) in [5.74, 6) is -0.547. The summed E-state index contributed by atoms with van der Waals surface area (Å²) in [6.07, 6.45) is 2.41. The number of alkyl carbamates (subject to hydrolysis) is 2. The van der Waals surface area contributed by atoms with Crippen molar-refractivity contribution >= 4 is 18.1 Å². The molecule has 268 valence electrons. The van der Waals surface area contributed by atoms with E-state index < -0.39 is 47.8 Å². The van der Waals surface area contributed by atoms with Crippen LogP contribution in [0, 0.1) is 11.3 Å². The first-order valence-corrected chi connectivity index (χ1v) is 16.7. The number of aliphatic hydroxyl groups excluding tert-OH is 1. The van der Waals surface area contributed by atoms with Gasteiger partial charge >= 0.3 is 12.2 Å². The molecule has 0 saturated carbocycles. The minimum Gasteiger partial charge on any atom is -0.453 e. The fraction of sp³-hybridized carbons (Fsp3) is 0.472. The normalized spacial score (nSPS) is 20.3. The number of hydrogen-bond donors (Lipinski definition) is 4. The van der Waals surface area contributed by atoms with Crippen molar-refractivity contribution in [3.8, 4) is 11.1 Å². The Morgan fingerprint density at radius 2 is 1.68 bits per heavy atom. The van der Waals surface area contributed by atoms with Crippen LogP contribution in [-0.2, 0) is 36.7 Å². The average molecular weight is 691 g/mol. The van der Waals surface area contributed by atoms with Crippen molar-refractivity contribution in [1.82, 2.24) is 31.0 Å². The number of benzene rings is 2. The van der Waals surface area contributed by atoms with E-state index in [2.05, 4.69) is 26.0 Å². The molecule has 3 aromatic rings. The van der Waals surface area contributed by atoms with Gasteiger partial charge in [-0.05, 0) is 34.9 Å². The lowest BCUT2D eigenvalue weighted by atomic mass is 9.86. The van der Waals surface area contributed by atoms with Gasteiger partial charge in [0, 0.05) is 31.0 Å². The molecule has 2 aliphatic heterocycles. The molecule has 3 heterocycles. The second-order valence-electron chi connectivity index (χ2n) is 13.6. The van der Waals surface area contributed by atoms with Gasteiger partial charge in [-0.1, -0.05) is 75.4 Å². The maximum atomic E-state index is 13.7. The summed E-state index contributed by atoms with van der Waals surface area (Å²) in [4.78, 5) is 47.3. The minimum absolute atomic E-state index is 0.0513. The number of nitrogens with one attached hydrogen (secondary N) is 3. The van der Waals surface area contributed by atoms with E-state index in [-0.39, 0.29) is 38.3 Å². The SMILES string of the molecule is COC(=O)NC(C(=O)NN(Cc1ccccc1)CC(O)C(Cc1ccc(-c2cncnc2)cc1)NC(=O)OC1COC2OCCC12)C(C)(C)C. The molecule has 50 heavy (non-hydrogen) atoms. The third-order valence-corrected chi connectivity index (χ3v) is 8.78. The number of fused-ring (bicyclic) bond motifs is 1. The first-order valence-electron chi connectivity index (χ1n) is 16.7. The summed E-state index contributed by atoms with van der Waals surface area (Å²) in [6, 6.07) is 15.3. The molecular weight excluding hydrogens is 644 g/mol. The molecule has 0 spiro atoms. The predicted molar refractivity (Wildman–Crippen MR) is 182 cm³/mol. The molecule has 4 N–H and O–H groups in total. The van der Waals surface area contributed by atoms with Crippen LogP contribution in [0.25, 0.3) is 11.1 Å². The lowest BCUT2D eigenvalue weighted by Crippen LogP contribution is -2.59. The van der Waals surface area contributed by atoms with E-state index in [0.717, 1.165) is 28.7 Å². The number of rotatable bonds is 13. The Morgan fingerprint density at radius 1 is 0.960 bits per heavy atom. The molecule has 1 aromatic heterocycles. The molecule has 0 radical (unpaired) electrons. The first-order chi connectivity index (χ1) is 24.0. The van der Waals surface area contributed by atoms with Gasteiger partial charge in [0.15, 0.2) is 6.29 Å². The van der Waals surface area contributed by atoms with Gasteiger partial charge in [0.2, 0.25) is 0 Å². The molecule has 2 aromatic carbocycles. The lowest BCUT2D eigenvalue weighted by molar-refractivity contribution is -0.131. The van der Waals surface area contributed by atoms with Gasteiger partial charge < -0.3 is 34.7 Å². The maximum Gasteiger partial charge on any atom is 0.407 e. The van der Waals surface area contributed by atoms with Gasteiger partial charge in [0.05, 0.1) is 38.4 Å². The summed E-state index contributed by atoms with van der Waals surface area (Å²) in [7, 11) is 1.23. The molecular formula is C36H46N6O8. The van der Waals surface area contributed by atoms with E-state index >= 15 is 0 Å². The third-order valence-electron chi connectivity index (χ3n) is 8.78. The number of amides is 3. The van der Waals surface area contributed by atoms with Crippen molar-refractivity contribution in [2.24, 2.45) is 11.3 Å². The minimum atomic E-state index is -1.18. The average Bonchev–Trinajstić information content (AvgIpc) is 3.72. The van der Waals surface area contributed by atoms with Crippen LogP contribution in [0.2, 0.25) is 0 Å². The van der Waals surface area contributed by atoms with Crippen molar-refractivity contribution in [2.45, 2.75) is 70.7 Å². The summed E-state index contributed by atoms with van der Waals surface area (Å²) in [5.41, 5.74) is 5.70.